The van der Waals surface area contributed by atoms with Crippen molar-refractivity contribution in [2.75, 3.05) is 0 Å². The van der Waals surface area contributed by atoms with Gasteiger partial charge in [0.1, 0.15) is 0 Å². The number of fused-ring (bicyclic) bond motifs is 1. The molecule has 2 aromatic rings. The van der Waals surface area contributed by atoms with Gasteiger partial charge < -0.3 is 5.11 Å². The van der Waals surface area contributed by atoms with E-state index in [0.717, 1.165) is 21.6 Å². The standard InChI is InChI=1S/C14H12ClNO2S/c15-10-6-3-7-11-12(10)19-13(16-11)8-4-1-2-5-9(8)14(17)18/h1-3,6-9H,4-5H2,(H,17,18). The molecule has 0 saturated heterocycles. The number of benzene rings is 1. The summed E-state index contributed by atoms with van der Waals surface area (Å²) in [6.07, 6.45) is 5.28. The van der Waals surface area contributed by atoms with Crippen LogP contribution in [0.1, 0.15) is 23.8 Å². The molecule has 19 heavy (non-hydrogen) atoms. The molecule has 0 saturated carbocycles. The molecule has 0 radical (unpaired) electrons. The van der Waals surface area contributed by atoms with Crippen molar-refractivity contribution >= 4 is 39.1 Å². The van der Waals surface area contributed by atoms with Crippen LogP contribution in [0, 0.1) is 5.92 Å². The van der Waals surface area contributed by atoms with Gasteiger partial charge in [-0.3, -0.25) is 4.79 Å². The van der Waals surface area contributed by atoms with Gasteiger partial charge in [0.05, 0.1) is 26.2 Å². The predicted octanol–water partition coefficient (Wildman–Crippen LogP) is 4.08. The number of carboxylic acid groups (broad SMARTS) is 1. The molecule has 3 nitrogen and oxygen atoms in total. The minimum atomic E-state index is -0.750. The second-order valence-electron chi connectivity index (χ2n) is 4.63. The maximum atomic E-state index is 11.3. The summed E-state index contributed by atoms with van der Waals surface area (Å²) in [6.45, 7) is 0. The maximum Gasteiger partial charge on any atom is 0.307 e. The fourth-order valence-electron chi connectivity index (χ4n) is 2.45. The highest BCUT2D eigenvalue weighted by Crippen LogP contribution is 2.40. The number of carboxylic acids is 1. The number of aliphatic carboxylic acids is 1. The van der Waals surface area contributed by atoms with Crippen molar-refractivity contribution in [3.05, 3.63) is 40.4 Å². The van der Waals surface area contributed by atoms with Crippen molar-refractivity contribution in [1.82, 2.24) is 4.98 Å². The topological polar surface area (TPSA) is 50.2 Å². The first-order valence-electron chi connectivity index (χ1n) is 6.09. The van der Waals surface area contributed by atoms with Crippen LogP contribution in [0.2, 0.25) is 5.02 Å². The number of thiazole rings is 1. The van der Waals surface area contributed by atoms with Crippen molar-refractivity contribution in [3.8, 4) is 0 Å². The number of nitrogens with zero attached hydrogens (tertiary/aromatic N) is 1. The van der Waals surface area contributed by atoms with Gasteiger partial charge in [-0.05, 0) is 25.0 Å². The molecule has 0 spiro atoms. The third kappa shape index (κ3) is 2.26. The van der Waals surface area contributed by atoms with Crippen molar-refractivity contribution in [2.24, 2.45) is 5.92 Å². The monoisotopic (exact) mass is 293 g/mol. The quantitative estimate of drug-likeness (QED) is 0.849. The summed E-state index contributed by atoms with van der Waals surface area (Å²) in [7, 11) is 0. The van der Waals surface area contributed by atoms with E-state index < -0.39 is 5.97 Å². The molecular formula is C14H12ClNO2S. The first-order chi connectivity index (χ1) is 9.16. The number of hydrogen-bond acceptors (Lipinski definition) is 3. The lowest BCUT2D eigenvalue weighted by Crippen LogP contribution is -2.23. The molecule has 3 rings (SSSR count). The zero-order valence-corrected chi connectivity index (χ0v) is 11.6. The largest absolute Gasteiger partial charge is 0.481 e. The van der Waals surface area contributed by atoms with Gasteiger partial charge in [0.15, 0.2) is 0 Å². The SMILES string of the molecule is O=C(O)C1CC=CCC1c1nc2cccc(Cl)c2s1. The van der Waals surface area contributed by atoms with Crippen LogP contribution in [0.4, 0.5) is 0 Å². The van der Waals surface area contributed by atoms with Crippen LogP contribution in [0.25, 0.3) is 10.2 Å². The molecule has 1 aliphatic carbocycles. The van der Waals surface area contributed by atoms with Crippen LogP contribution >= 0.6 is 22.9 Å². The molecule has 1 N–H and O–H groups in total. The van der Waals surface area contributed by atoms with Crippen molar-refractivity contribution in [2.45, 2.75) is 18.8 Å². The van der Waals surface area contributed by atoms with E-state index in [0.29, 0.717) is 11.4 Å². The van der Waals surface area contributed by atoms with Gasteiger partial charge >= 0.3 is 5.97 Å². The van der Waals surface area contributed by atoms with Crippen molar-refractivity contribution in [3.63, 3.8) is 0 Å². The van der Waals surface area contributed by atoms with Gasteiger partial charge in [0.2, 0.25) is 0 Å². The van der Waals surface area contributed by atoms with Crippen LogP contribution in [-0.4, -0.2) is 16.1 Å². The molecule has 1 heterocycles. The van der Waals surface area contributed by atoms with Crippen LogP contribution in [0.15, 0.2) is 30.4 Å². The molecule has 0 amide bonds. The molecule has 5 heteroatoms. The third-order valence-electron chi connectivity index (χ3n) is 3.45. The highest BCUT2D eigenvalue weighted by atomic mass is 35.5. The first kappa shape index (κ1) is 12.6. The number of halogens is 1. The van der Waals surface area contributed by atoms with Crippen LogP contribution < -0.4 is 0 Å². The van der Waals surface area contributed by atoms with Gasteiger partial charge in [-0.25, -0.2) is 4.98 Å². The number of allylic oxidation sites excluding steroid dienone is 2. The Hall–Kier alpha value is -1.39. The number of rotatable bonds is 2. The smallest absolute Gasteiger partial charge is 0.307 e. The van der Waals surface area contributed by atoms with Crippen LogP contribution in [0.5, 0.6) is 0 Å². The Labute approximate surface area is 119 Å². The van der Waals surface area contributed by atoms with Crippen LogP contribution in [-0.2, 0) is 4.79 Å². The summed E-state index contributed by atoms with van der Waals surface area (Å²) in [4.78, 5) is 15.9. The molecule has 1 aromatic heterocycles. The van der Waals surface area contributed by atoms with E-state index in [4.69, 9.17) is 11.6 Å². The Kier molecular flexibility index (Phi) is 3.29. The van der Waals surface area contributed by atoms with Crippen molar-refractivity contribution < 1.29 is 9.90 Å². The van der Waals surface area contributed by atoms with Gasteiger partial charge in [0, 0.05) is 5.92 Å². The Balaban J connectivity index is 2.05. The van der Waals surface area contributed by atoms with Crippen molar-refractivity contribution in [1.29, 1.82) is 0 Å². The van der Waals surface area contributed by atoms with E-state index in [1.54, 1.807) is 0 Å². The van der Waals surface area contributed by atoms with E-state index in [1.807, 2.05) is 30.4 Å². The van der Waals surface area contributed by atoms with E-state index >= 15 is 0 Å². The average molecular weight is 294 g/mol. The molecule has 0 aliphatic heterocycles. The van der Waals surface area contributed by atoms with Gasteiger partial charge in [-0.15, -0.1) is 11.3 Å². The fraction of sp³-hybridized carbons (Fsp3) is 0.286. The molecular weight excluding hydrogens is 282 g/mol. The normalized spacial score (nSPS) is 22.8. The summed E-state index contributed by atoms with van der Waals surface area (Å²) in [5.41, 5.74) is 0.853. The zero-order chi connectivity index (χ0) is 13.4. The average Bonchev–Trinajstić information content (AvgIpc) is 2.84. The van der Waals surface area contributed by atoms with E-state index in [9.17, 15) is 9.90 Å². The summed E-state index contributed by atoms with van der Waals surface area (Å²) in [5.74, 6) is -1.18. The van der Waals surface area contributed by atoms with E-state index in [-0.39, 0.29) is 11.8 Å². The lowest BCUT2D eigenvalue weighted by atomic mass is 9.83. The fourth-order valence-corrected chi connectivity index (χ4v) is 3.89. The number of aromatic nitrogens is 1. The molecule has 98 valence electrons. The minimum Gasteiger partial charge on any atom is -0.481 e. The van der Waals surface area contributed by atoms with Gasteiger partial charge in [-0.2, -0.15) is 0 Å². The second kappa shape index (κ2) is 4.94. The van der Waals surface area contributed by atoms with Gasteiger partial charge in [0.25, 0.3) is 0 Å². The third-order valence-corrected chi connectivity index (χ3v) is 5.11. The molecule has 2 atom stereocenters. The second-order valence-corrected chi connectivity index (χ2v) is 6.07. The summed E-state index contributed by atoms with van der Waals surface area (Å²) in [6, 6.07) is 5.61. The van der Waals surface area contributed by atoms with E-state index in [1.165, 1.54) is 11.3 Å². The first-order valence-corrected chi connectivity index (χ1v) is 7.29. The molecule has 2 unspecified atom stereocenters. The summed E-state index contributed by atoms with van der Waals surface area (Å²) in [5, 5.41) is 10.9. The Morgan fingerprint density at radius 3 is 2.89 bits per heavy atom. The molecule has 1 aromatic carbocycles. The summed E-state index contributed by atoms with van der Waals surface area (Å²) < 4.78 is 0.942. The predicted molar refractivity (Wildman–Crippen MR) is 76.9 cm³/mol. The highest BCUT2D eigenvalue weighted by Gasteiger charge is 2.32. The van der Waals surface area contributed by atoms with Gasteiger partial charge in [-0.1, -0.05) is 29.8 Å². The Morgan fingerprint density at radius 2 is 2.16 bits per heavy atom. The van der Waals surface area contributed by atoms with E-state index in [2.05, 4.69) is 4.98 Å². The highest BCUT2D eigenvalue weighted by molar-refractivity contribution is 7.19. The molecule has 0 bridgehead atoms. The maximum absolute atomic E-state index is 11.3. The zero-order valence-electron chi connectivity index (χ0n) is 10.0. The molecule has 1 aliphatic rings. The minimum absolute atomic E-state index is 0.0454. The lowest BCUT2D eigenvalue weighted by molar-refractivity contribution is -0.142. The number of carbonyl (C=O) groups is 1. The van der Waals surface area contributed by atoms with Crippen LogP contribution in [0.3, 0.4) is 0 Å². The molecule has 0 fully saturated rings. The number of hydrogen-bond donors (Lipinski definition) is 1. The summed E-state index contributed by atoms with van der Waals surface area (Å²) >= 11 is 7.66. The Morgan fingerprint density at radius 1 is 1.37 bits per heavy atom. The Bertz CT molecular complexity index is 665. The lowest BCUT2D eigenvalue weighted by Gasteiger charge is -2.22.